The van der Waals surface area contributed by atoms with E-state index in [2.05, 4.69) is 26.3 Å². The molecule has 14 heavy (non-hydrogen) atoms. The Labute approximate surface area is 103 Å². The zero-order chi connectivity index (χ0) is 12.2. The summed E-state index contributed by atoms with van der Waals surface area (Å²) in [5.74, 6) is 0. The summed E-state index contributed by atoms with van der Waals surface area (Å²) in [6.45, 7) is 14.0. The first kappa shape index (κ1) is 23.7. The molecule has 1 aliphatic carbocycles. The first-order valence-electron chi connectivity index (χ1n) is 3.63. The van der Waals surface area contributed by atoms with Gasteiger partial charge in [0, 0.05) is 0 Å². The van der Waals surface area contributed by atoms with E-state index < -0.39 is 38.2 Å². The van der Waals surface area contributed by atoms with Crippen molar-refractivity contribution in [3.8, 4) is 0 Å². The Morgan fingerprint density at radius 2 is 0.714 bits per heavy atom. The molecule has 1 fully saturated rings. The van der Waals surface area contributed by atoms with Crippen molar-refractivity contribution in [1.29, 1.82) is 0 Å². The van der Waals surface area contributed by atoms with E-state index >= 15 is 0 Å². The van der Waals surface area contributed by atoms with Gasteiger partial charge in [-0.25, -0.2) is 0 Å². The molecule has 0 aliphatic heterocycles. The normalized spacial score (nSPS) is 8.57. The molecule has 0 atom stereocenters. The van der Waals surface area contributed by atoms with Crippen LogP contribution in [0.1, 0.15) is 25.7 Å². The molecule has 0 saturated heterocycles. The van der Waals surface area contributed by atoms with Crippen LogP contribution in [0.15, 0.2) is 13.2 Å². The van der Waals surface area contributed by atoms with Gasteiger partial charge in [-0.2, -0.15) is 0 Å². The Kier molecular flexibility index (Phi) is 87.3. The summed E-state index contributed by atoms with van der Waals surface area (Å²) in [6.07, 6.45) is 6.00. The van der Waals surface area contributed by atoms with Crippen LogP contribution in [-0.4, -0.2) is 0 Å². The third-order valence-corrected chi connectivity index (χ3v) is 1.000. The second-order valence-electron chi connectivity index (χ2n) is 1.58. The van der Waals surface area contributed by atoms with Crippen molar-refractivity contribution in [2.24, 2.45) is 0 Å². The van der Waals surface area contributed by atoms with Gasteiger partial charge in [0.15, 0.2) is 0 Å². The van der Waals surface area contributed by atoms with Gasteiger partial charge in [0.25, 0.3) is 0 Å². The van der Waals surface area contributed by atoms with Crippen LogP contribution in [0, 0.1) is 13.2 Å². The van der Waals surface area contributed by atoms with Gasteiger partial charge in [0.2, 0.25) is 0 Å². The molecule has 6 heteroatoms. The Hall–Kier alpha value is 0.109. The van der Waals surface area contributed by atoms with Gasteiger partial charge >= 0.3 is 51.5 Å². The van der Waals surface area contributed by atoms with Crippen LogP contribution in [0.4, 0.5) is 0 Å². The van der Waals surface area contributed by atoms with E-state index in [1.54, 1.807) is 0 Å². The van der Waals surface area contributed by atoms with E-state index in [4.69, 9.17) is 13.3 Å². The minimum atomic E-state index is -2.00. The van der Waals surface area contributed by atoms with E-state index in [9.17, 15) is 0 Å². The molecule has 4 nitrogen and oxygen atoms in total. The summed E-state index contributed by atoms with van der Waals surface area (Å²) in [5, 5.41) is 0. The van der Waals surface area contributed by atoms with Crippen LogP contribution in [0.25, 0.3) is 0 Å². The van der Waals surface area contributed by atoms with Gasteiger partial charge < -0.3 is 13.2 Å². The quantitative estimate of drug-likeness (QED) is 0.500. The molecular weight excluding hydrogens is 256 g/mol. The van der Waals surface area contributed by atoms with Crippen LogP contribution in [-0.2, 0) is 51.5 Å². The summed E-state index contributed by atoms with van der Waals surface area (Å²) in [6, 6.07) is 0. The van der Waals surface area contributed by atoms with E-state index in [0.717, 1.165) is 0 Å². The summed E-state index contributed by atoms with van der Waals surface area (Å²) in [4.78, 5) is 0. The summed E-state index contributed by atoms with van der Waals surface area (Å²) < 4.78 is 34.0. The molecule has 0 N–H and O–H groups in total. The van der Waals surface area contributed by atoms with Crippen LogP contribution in [0.5, 0.6) is 0 Å². The Bertz CT molecular complexity index is 127. The van der Waals surface area contributed by atoms with Crippen molar-refractivity contribution in [2.75, 3.05) is 0 Å². The summed E-state index contributed by atoms with van der Waals surface area (Å²) >= 11 is -4.00. The molecule has 0 aromatic rings. The van der Waals surface area contributed by atoms with Crippen LogP contribution in [0.2, 0.25) is 0 Å². The van der Waals surface area contributed by atoms with Gasteiger partial charge in [-0.3, -0.25) is 13.2 Å². The van der Waals surface area contributed by atoms with Crippen molar-refractivity contribution in [1.82, 2.24) is 0 Å². The first-order chi connectivity index (χ1) is 6.83. The zero-order valence-corrected chi connectivity index (χ0v) is 11.2. The molecule has 0 heterocycles. The predicted octanol–water partition coefficient (Wildman–Crippen LogP) is 2.29. The molecule has 0 spiro atoms. The van der Waals surface area contributed by atoms with E-state index in [1.807, 2.05) is 0 Å². The second kappa shape index (κ2) is 51.5. The first-order valence-corrected chi connectivity index (χ1v) is 6.18. The molecule has 0 aromatic carbocycles. The van der Waals surface area contributed by atoms with Crippen molar-refractivity contribution in [3.05, 3.63) is 26.3 Å². The van der Waals surface area contributed by atoms with Crippen molar-refractivity contribution < 1.29 is 51.5 Å². The van der Waals surface area contributed by atoms with Crippen molar-refractivity contribution >= 4 is 0 Å². The molecule has 1 aliphatic rings. The third kappa shape index (κ3) is 88.5. The van der Waals surface area contributed by atoms with Gasteiger partial charge in [0.05, 0.1) is 0 Å². The maximum atomic E-state index is 8.50. The molecule has 0 unspecified atom stereocenters. The Morgan fingerprint density at radius 3 is 0.714 bits per heavy atom. The van der Waals surface area contributed by atoms with Crippen LogP contribution in [0.3, 0.4) is 0 Å². The number of hydrogen-bond donors (Lipinski definition) is 0. The molecule has 0 bridgehead atoms. The average molecular weight is 270 g/mol. The molecule has 1 saturated carbocycles. The zero-order valence-electron chi connectivity index (χ0n) is 8.03. The number of rotatable bonds is 0. The fraction of sp³-hybridized carbons (Fsp3) is 0.500. The van der Waals surface area contributed by atoms with Crippen LogP contribution < -0.4 is 0 Å². The molecule has 0 aromatic heterocycles. The maximum absolute atomic E-state index is 8.50. The van der Waals surface area contributed by atoms with Gasteiger partial charge in [-0.1, -0.05) is 25.7 Å². The fourth-order valence-corrected chi connectivity index (χ4v) is 0.250. The monoisotopic (exact) mass is 270 g/mol. The van der Waals surface area contributed by atoms with Crippen molar-refractivity contribution in [3.63, 3.8) is 0 Å². The molecule has 1 rings (SSSR count). The van der Waals surface area contributed by atoms with E-state index in [1.165, 1.54) is 25.7 Å². The summed E-state index contributed by atoms with van der Waals surface area (Å²) in [5.41, 5.74) is 0. The van der Waals surface area contributed by atoms with Crippen molar-refractivity contribution in [2.45, 2.75) is 25.7 Å². The van der Waals surface area contributed by atoms with E-state index in [-0.39, 0.29) is 0 Å². The topological polar surface area (TPSA) is 68.3 Å². The Morgan fingerprint density at radius 1 is 0.643 bits per heavy atom. The molecule has 80 valence electrons. The second-order valence-corrected chi connectivity index (χ2v) is 2.10. The fourth-order valence-electron chi connectivity index (χ4n) is 0.250. The third-order valence-electron chi connectivity index (χ3n) is 1.000. The molecule has 0 radical (unpaired) electrons. The van der Waals surface area contributed by atoms with Gasteiger partial charge in [-0.15, -0.1) is 0 Å². The minimum absolute atomic E-state index is 1.50. The molecular formula is C8H14O4Ti2-2. The van der Waals surface area contributed by atoms with Gasteiger partial charge in [-0.05, 0) is 0 Å². The SMILES string of the molecule is C1CCC1.[CH-]=C.[CH-]=C.[O]=[Ti]=[O].[O]=[Ti]=[O]. The Balaban J connectivity index is -0.0000000465. The summed E-state index contributed by atoms with van der Waals surface area (Å²) in [7, 11) is 0. The van der Waals surface area contributed by atoms with E-state index in [0.29, 0.717) is 0 Å². The standard InChI is InChI=1S/C4H8.2C2H3.4O.2Ti/c1-2-4-3-1;2*1-2;;;;;;/h1-4H2;2*1H,2H2;;;;;;/q;2*-1;;;;;;. The predicted molar refractivity (Wildman–Crippen MR) is 41.1 cm³/mol. The van der Waals surface area contributed by atoms with Gasteiger partial charge in [0.1, 0.15) is 0 Å². The average Bonchev–Trinajstić information content (AvgIpc) is 2.10. The molecule has 0 amide bonds. The van der Waals surface area contributed by atoms with Crippen LogP contribution >= 0.6 is 0 Å². The number of hydrogen-bond acceptors (Lipinski definition) is 4.